The van der Waals surface area contributed by atoms with Gasteiger partial charge in [0.1, 0.15) is 6.17 Å². The minimum absolute atomic E-state index is 0.0274. The van der Waals surface area contributed by atoms with E-state index in [0.29, 0.717) is 0 Å². The number of alkyl halides is 4. The summed E-state index contributed by atoms with van der Waals surface area (Å²) in [5, 5.41) is 0. The monoisotopic (exact) mass is 249 g/mol. The highest BCUT2D eigenvalue weighted by atomic mass is 19.4. The smallest absolute Gasteiger partial charge is 0.330 e. The van der Waals surface area contributed by atoms with Gasteiger partial charge >= 0.3 is 6.18 Å². The lowest BCUT2D eigenvalue weighted by Gasteiger charge is -2.29. The molecular formula is C12H15F4N. The molecule has 1 nitrogen and oxygen atoms in total. The van der Waals surface area contributed by atoms with E-state index in [4.69, 9.17) is 5.73 Å². The van der Waals surface area contributed by atoms with Gasteiger partial charge in [-0.05, 0) is 11.6 Å². The van der Waals surface area contributed by atoms with Crippen molar-refractivity contribution in [3.63, 3.8) is 0 Å². The van der Waals surface area contributed by atoms with Crippen LogP contribution in [0.2, 0.25) is 0 Å². The van der Waals surface area contributed by atoms with Gasteiger partial charge < -0.3 is 5.73 Å². The molecule has 0 aromatic heterocycles. The molecule has 0 aliphatic rings. The van der Waals surface area contributed by atoms with Crippen LogP contribution in [0.5, 0.6) is 0 Å². The van der Waals surface area contributed by atoms with E-state index in [1.807, 2.05) is 0 Å². The Balaban J connectivity index is 3.23. The number of hydrogen-bond donors (Lipinski definition) is 1. The Morgan fingerprint density at radius 1 is 1.18 bits per heavy atom. The maximum atomic E-state index is 14.1. The Hall–Kier alpha value is -1.10. The fraction of sp³-hybridized carbons (Fsp3) is 0.500. The van der Waals surface area contributed by atoms with E-state index in [2.05, 4.69) is 0 Å². The van der Waals surface area contributed by atoms with Crippen molar-refractivity contribution in [3.05, 3.63) is 35.4 Å². The second-order valence-electron chi connectivity index (χ2n) is 4.64. The molecule has 0 spiro atoms. The quantitative estimate of drug-likeness (QED) is 0.812. The van der Waals surface area contributed by atoms with Crippen molar-refractivity contribution in [1.29, 1.82) is 0 Å². The van der Waals surface area contributed by atoms with Crippen molar-refractivity contribution in [1.82, 2.24) is 0 Å². The van der Waals surface area contributed by atoms with Gasteiger partial charge in [0.05, 0.1) is 5.56 Å². The van der Waals surface area contributed by atoms with E-state index in [1.165, 1.54) is 26.0 Å². The summed E-state index contributed by atoms with van der Waals surface area (Å²) in [7, 11) is 0. The van der Waals surface area contributed by atoms with E-state index < -0.39 is 23.3 Å². The summed E-state index contributed by atoms with van der Waals surface area (Å²) in [4.78, 5) is 0. The zero-order valence-electron chi connectivity index (χ0n) is 9.68. The predicted molar refractivity (Wildman–Crippen MR) is 58.1 cm³/mol. The lowest BCUT2D eigenvalue weighted by atomic mass is 9.82. The zero-order valence-corrected chi connectivity index (χ0v) is 9.68. The molecule has 0 saturated heterocycles. The maximum absolute atomic E-state index is 14.1. The highest BCUT2D eigenvalue weighted by Gasteiger charge is 2.39. The average Bonchev–Trinajstić information content (AvgIpc) is 2.27. The fourth-order valence-corrected chi connectivity index (χ4v) is 1.50. The first-order valence-electron chi connectivity index (χ1n) is 5.20. The van der Waals surface area contributed by atoms with Gasteiger partial charge in [-0.3, -0.25) is 0 Å². The minimum Gasteiger partial charge on any atom is -0.330 e. The first-order valence-corrected chi connectivity index (χ1v) is 5.20. The summed E-state index contributed by atoms with van der Waals surface area (Å²) in [6, 6.07) is 4.68. The largest absolute Gasteiger partial charge is 0.416 e. The van der Waals surface area contributed by atoms with Crippen LogP contribution < -0.4 is 5.73 Å². The van der Waals surface area contributed by atoms with Crippen LogP contribution >= 0.6 is 0 Å². The summed E-state index contributed by atoms with van der Waals surface area (Å²) >= 11 is 0. The van der Waals surface area contributed by atoms with Crippen molar-refractivity contribution < 1.29 is 17.6 Å². The third-order valence-corrected chi connectivity index (χ3v) is 2.75. The van der Waals surface area contributed by atoms with Crippen molar-refractivity contribution in [3.8, 4) is 0 Å². The molecule has 0 amide bonds. The van der Waals surface area contributed by atoms with Gasteiger partial charge in [-0.1, -0.05) is 32.0 Å². The standard InChI is InChI=1S/C12H15F4N/c1-11(2,7-17)10(13)8-5-3-4-6-9(8)12(14,15)16/h3-6,10H,7,17H2,1-2H3. The molecule has 0 fully saturated rings. The van der Waals surface area contributed by atoms with Crippen LogP contribution in [0, 0.1) is 5.41 Å². The van der Waals surface area contributed by atoms with E-state index in [-0.39, 0.29) is 12.1 Å². The molecule has 1 rings (SSSR count). The van der Waals surface area contributed by atoms with Crippen LogP contribution in [0.15, 0.2) is 24.3 Å². The Morgan fingerprint density at radius 2 is 1.71 bits per heavy atom. The van der Waals surface area contributed by atoms with Crippen LogP contribution in [-0.4, -0.2) is 6.54 Å². The van der Waals surface area contributed by atoms with E-state index in [0.717, 1.165) is 12.1 Å². The summed E-state index contributed by atoms with van der Waals surface area (Å²) < 4.78 is 52.2. The predicted octanol–water partition coefficient (Wildman–Crippen LogP) is 3.70. The molecule has 0 aliphatic heterocycles. The molecule has 96 valence electrons. The molecule has 2 N–H and O–H groups in total. The van der Waals surface area contributed by atoms with Crippen LogP contribution in [0.1, 0.15) is 31.1 Å². The molecule has 0 heterocycles. The van der Waals surface area contributed by atoms with Gasteiger partial charge in [0, 0.05) is 12.0 Å². The summed E-state index contributed by atoms with van der Waals surface area (Å²) in [5.41, 5.74) is 3.07. The van der Waals surface area contributed by atoms with Crippen LogP contribution in [0.3, 0.4) is 0 Å². The topological polar surface area (TPSA) is 26.0 Å². The molecular weight excluding hydrogens is 234 g/mol. The highest BCUT2D eigenvalue weighted by molar-refractivity contribution is 5.32. The van der Waals surface area contributed by atoms with Crippen LogP contribution in [0.25, 0.3) is 0 Å². The first kappa shape index (κ1) is 14.0. The summed E-state index contributed by atoms with van der Waals surface area (Å²) in [5.74, 6) is 0. The number of hydrogen-bond acceptors (Lipinski definition) is 1. The first-order chi connectivity index (χ1) is 7.70. The molecule has 1 atom stereocenters. The number of halogens is 4. The second-order valence-corrected chi connectivity index (χ2v) is 4.64. The molecule has 1 unspecified atom stereocenters. The number of rotatable bonds is 3. The van der Waals surface area contributed by atoms with Gasteiger partial charge in [-0.2, -0.15) is 13.2 Å². The van der Waals surface area contributed by atoms with Crippen molar-refractivity contribution >= 4 is 0 Å². The van der Waals surface area contributed by atoms with Gasteiger partial charge in [0.2, 0.25) is 0 Å². The van der Waals surface area contributed by atoms with Crippen molar-refractivity contribution in [2.24, 2.45) is 11.1 Å². The Labute approximate surface area is 97.6 Å². The van der Waals surface area contributed by atoms with Gasteiger partial charge in [0.15, 0.2) is 0 Å². The lowest BCUT2D eigenvalue weighted by molar-refractivity contribution is -0.139. The van der Waals surface area contributed by atoms with Crippen LogP contribution in [0.4, 0.5) is 17.6 Å². The molecule has 1 aromatic rings. The van der Waals surface area contributed by atoms with E-state index in [9.17, 15) is 17.6 Å². The van der Waals surface area contributed by atoms with Gasteiger partial charge in [-0.25, -0.2) is 4.39 Å². The minimum atomic E-state index is -4.55. The van der Waals surface area contributed by atoms with Gasteiger partial charge in [-0.15, -0.1) is 0 Å². The Bertz CT molecular complexity index is 384. The third-order valence-electron chi connectivity index (χ3n) is 2.75. The van der Waals surface area contributed by atoms with E-state index in [1.54, 1.807) is 0 Å². The van der Waals surface area contributed by atoms with Crippen molar-refractivity contribution in [2.45, 2.75) is 26.2 Å². The Kier molecular flexibility index (Phi) is 3.81. The molecule has 17 heavy (non-hydrogen) atoms. The van der Waals surface area contributed by atoms with Crippen LogP contribution in [-0.2, 0) is 6.18 Å². The Morgan fingerprint density at radius 3 is 2.18 bits per heavy atom. The molecule has 0 bridgehead atoms. The SMILES string of the molecule is CC(C)(CN)C(F)c1ccccc1C(F)(F)F. The molecule has 0 saturated carbocycles. The van der Waals surface area contributed by atoms with Gasteiger partial charge in [0.25, 0.3) is 0 Å². The molecule has 0 radical (unpaired) electrons. The summed E-state index contributed by atoms with van der Waals surface area (Å²) in [6.45, 7) is 2.98. The lowest BCUT2D eigenvalue weighted by Crippen LogP contribution is -2.29. The fourth-order valence-electron chi connectivity index (χ4n) is 1.50. The molecule has 0 aliphatic carbocycles. The molecule has 5 heteroatoms. The second kappa shape index (κ2) is 4.64. The highest BCUT2D eigenvalue weighted by Crippen LogP contribution is 2.42. The average molecular weight is 249 g/mol. The molecule has 1 aromatic carbocycles. The summed E-state index contributed by atoms with van der Waals surface area (Å²) in [6.07, 6.45) is -6.30. The normalized spacial score (nSPS) is 14.8. The number of nitrogens with two attached hydrogens (primary N) is 1. The van der Waals surface area contributed by atoms with Crippen molar-refractivity contribution in [2.75, 3.05) is 6.54 Å². The number of benzene rings is 1. The third kappa shape index (κ3) is 2.97. The maximum Gasteiger partial charge on any atom is 0.416 e. The zero-order chi connectivity index (χ0) is 13.3. The van der Waals surface area contributed by atoms with E-state index >= 15 is 0 Å².